The van der Waals surface area contributed by atoms with Crippen LogP contribution in [0.15, 0.2) is 24.3 Å². The first-order valence-corrected chi connectivity index (χ1v) is 11.5. The van der Waals surface area contributed by atoms with E-state index in [4.69, 9.17) is 29.4 Å². The molecule has 1 rings (SSSR count). The highest BCUT2D eigenvalue weighted by molar-refractivity contribution is 8.06. The van der Waals surface area contributed by atoms with E-state index in [0.29, 0.717) is 0 Å². The maximum absolute atomic E-state index is 12.6. The number of halogens is 1. The third-order valence-electron chi connectivity index (χ3n) is 1.96. The van der Waals surface area contributed by atoms with Crippen molar-refractivity contribution in [3.8, 4) is 0 Å². The highest BCUT2D eigenvalue weighted by atomic mass is 32.5. The molecule has 6 N–H and O–H groups in total. The SMILES string of the molecule is CC(=O)N(c1ccc(F)cc1)C(C)C.OP(O)(O)=S.OP(O)(O)=S. The second kappa shape index (κ2) is 11.3. The van der Waals surface area contributed by atoms with E-state index >= 15 is 0 Å². The van der Waals surface area contributed by atoms with Crippen LogP contribution in [0.2, 0.25) is 0 Å². The quantitative estimate of drug-likeness (QED) is 0.384. The summed E-state index contributed by atoms with van der Waals surface area (Å²) in [6.45, 7) is -2.27. The fraction of sp³-hybridized carbons (Fsp3) is 0.364. The number of rotatable bonds is 2. The van der Waals surface area contributed by atoms with Gasteiger partial charge in [0.05, 0.1) is 0 Å². The highest BCUT2D eigenvalue weighted by Gasteiger charge is 2.14. The van der Waals surface area contributed by atoms with Crippen molar-refractivity contribution < 1.29 is 38.5 Å². The van der Waals surface area contributed by atoms with Gasteiger partial charge in [-0.1, -0.05) is 0 Å². The Morgan fingerprint density at radius 3 is 1.50 bits per heavy atom. The number of carbonyl (C=O) groups excluding carboxylic acids is 1. The topological polar surface area (TPSA) is 142 Å². The van der Waals surface area contributed by atoms with Gasteiger partial charge in [0.25, 0.3) is 0 Å². The van der Waals surface area contributed by atoms with Crippen LogP contribution in [-0.4, -0.2) is 41.3 Å². The Morgan fingerprint density at radius 1 is 1.00 bits per heavy atom. The van der Waals surface area contributed by atoms with Crippen LogP contribution in [0.1, 0.15) is 20.8 Å². The summed E-state index contributed by atoms with van der Waals surface area (Å²) < 4.78 is 12.6. The lowest BCUT2D eigenvalue weighted by Crippen LogP contribution is -2.34. The predicted molar refractivity (Wildman–Crippen MR) is 96.6 cm³/mol. The Kier molecular flexibility index (Phi) is 12.2. The molecule has 0 radical (unpaired) electrons. The average molecular weight is 423 g/mol. The number of nitrogens with zero attached hydrogens (tertiary/aromatic N) is 1. The van der Waals surface area contributed by atoms with Gasteiger partial charge in [0.2, 0.25) is 5.91 Å². The first-order chi connectivity index (χ1) is 10.5. The van der Waals surface area contributed by atoms with Gasteiger partial charge >= 0.3 is 13.4 Å². The molecule has 0 atom stereocenters. The fourth-order valence-corrected chi connectivity index (χ4v) is 1.45. The Balaban J connectivity index is 0. The Bertz CT molecular complexity index is 566. The van der Waals surface area contributed by atoms with E-state index in [2.05, 4.69) is 23.6 Å². The monoisotopic (exact) mass is 423 g/mol. The maximum Gasteiger partial charge on any atom is 0.319 e. The van der Waals surface area contributed by atoms with E-state index in [1.807, 2.05) is 13.8 Å². The third kappa shape index (κ3) is 19.7. The molecule has 1 aromatic rings. The Hall–Kier alpha value is -0.320. The fourth-order valence-electron chi connectivity index (χ4n) is 1.45. The molecule has 24 heavy (non-hydrogen) atoms. The lowest BCUT2D eigenvalue weighted by atomic mass is 10.2. The van der Waals surface area contributed by atoms with E-state index in [0.717, 1.165) is 5.69 Å². The summed E-state index contributed by atoms with van der Waals surface area (Å²) in [4.78, 5) is 58.3. The largest absolute Gasteiger partial charge is 0.325 e. The number of hydrogen-bond donors (Lipinski definition) is 6. The highest BCUT2D eigenvalue weighted by Crippen LogP contribution is 2.27. The Morgan fingerprint density at radius 2 is 1.29 bits per heavy atom. The standard InChI is InChI=1S/C11H14FNO.2H3O3PS/c1-8(2)13(9(3)14)11-6-4-10(12)5-7-11;2*1-4(2,3)5/h4-8H,1-3H3;2*(H3,1,2,3,5). The van der Waals surface area contributed by atoms with Crippen molar-refractivity contribution in [1.29, 1.82) is 0 Å². The van der Waals surface area contributed by atoms with Gasteiger partial charge in [0, 0.05) is 18.7 Å². The summed E-state index contributed by atoms with van der Waals surface area (Å²) in [7, 11) is 0. The second-order valence-electron chi connectivity index (χ2n) is 4.49. The second-order valence-corrected chi connectivity index (χ2v) is 9.48. The number of anilines is 1. The molecule has 140 valence electrons. The molecule has 0 aliphatic carbocycles. The van der Waals surface area contributed by atoms with Gasteiger partial charge in [0.15, 0.2) is 0 Å². The summed E-state index contributed by atoms with van der Waals surface area (Å²) in [5.74, 6) is -0.326. The van der Waals surface area contributed by atoms with E-state index in [9.17, 15) is 9.18 Å². The van der Waals surface area contributed by atoms with Gasteiger partial charge in [-0.2, -0.15) is 0 Å². The van der Waals surface area contributed by atoms with Crippen LogP contribution in [0.3, 0.4) is 0 Å². The van der Waals surface area contributed by atoms with Crippen LogP contribution >= 0.6 is 13.4 Å². The molecule has 0 aliphatic heterocycles. The van der Waals surface area contributed by atoms with Crippen molar-refractivity contribution in [2.24, 2.45) is 0 Å². The van der Waals surface area contributed by atoms with Crippen molar-refractivity contribution in [3.63, 3.8) is 0 Å². The van der Waals surface area contributed by atoms with E-state index < -0.39 is 13.4 Å². The normalized spacial score (nSPS) is 11.0. The van der Waals surface area contributed by atoms with Crippen LogP contribution in [0.25, 0.3) is 0 Å². The molecule has 0 heterocycles. The van der Waals surface area contributed by atoms with Crippen LogP contribution < -0.4 is 4.90 Å². The molecule has 0 fully saturated rings. The zero-order chi connectivity index (χ0) is 19.7. The molecule has 0 aliphatic rings. The first kappa shape index (κ1) is 25.9. The lowest BCUT2D eigenvalue weighted by molar-refractivity contribution is -0.116. The zero-order valence-corrected chi connectivity index (χ0v) is 16.4. The summed E-state index contributed by atoms with van der Waals surface area (Å²) in [6.07, 6.45) is 0. The number of benzene rings is 1. The molecule has 0 saturated heterocycles. The van der Waals surface area contributed by atoms with Crippen LogP contribution in [-0.2, 0) is 28.4 Å². The molecule has 1 aromatic carbocycles. The molecule has 13 heteroatoms. The van der Waals surface area contributed by atoms with Gasteiger partial charge in [-0.25, -0.2) is 4.39 Å². The molecule has 0 aromatic heterocycles. The summed E-state index contributed by atoms with van der Waals surface area (Å²) >= 11 is 7.21. The lowest BCUT2D eigenvalue weighted by Gasteiger charge is -2.25. The maximum atomic E-state index is 12.6. The van der Waals surface area contributed by atoms with E-state index in [-0.39, 0.29) is 17.8 Å². The minimum Gasteiger partial charge on any atom is -0.325 e. The van der Waals surface area contributed by atoms with Crippen molar-refractivity contribution in [1.82, 2.24) is 0 Å². The molecule has 1 amide bonds. The van der Waals surface area contributed by atoms with Gasteiger partial charge in [-0.15, -0.1) is 0 Å². The number of amides is 1. The molecule has 8 nitrogen and oxygen atoms in total. The molecule has 0 bridgehead atoms. The van der Waals surface area contributed by atoms with E-state index in [1.165, 1.54) is 19.1 Å². The molecule has 0 saturated carbocycles. The minimum absolute atomic E-state index is 0.0355. The van der Waals surface area contributed by atoms with Gasteiger partial charge in [-0.3, -0.25) is 4.79 Å². The smallest absolute Gasteiger partial charge is 0.319 e. The van der Waals surface area contributed by atoms with Crippen molar-refractivity contribution in [3.05, 3.63) is 30.1 Å². The molecular formula is C11H20FNO7P2S2. The van der Waals surface area contributed by atoms with Gasteiger partial charge < -0.3 is 34.3 Å². The zero-order valence-electron chi connectivity index (χ0n) is 13.0. The van der Waals surface area contributed by atoms with Gasteiger partial charge in [0.1, 0.15) is 5.82 Å². The molecule has 0 unspecified atom stereocenters. The van der Waals surface area contributed by atoms with Crippen molar-refractivity contribution in [2.75, 3.05) is 4.90 Å². The summed E-state index contributed by atoms with van der Waals surface area (Å²) in [6, 6.07) is 6.01. The van der Waals surface area contributed by atoms with E-state index in [1.54, 1.807) is 17.0 Å². The summed E-state index contributed by atoms with van der Waals surface area (Å²) in [5, 5.41) is 0. The van der Waals surface area contributed by atoms with Gasteiger partial charge in [-0.05, 0) is 61.7 Å². The number of carbonyl (C=O) groups is 1. The summed E-state index contributed by atoms with van der Waals surface area (Å²) in [5.41, 5.74) is 0.730. The predicted octanol–water partition coefficient (Wildman–Crippen LogP) is 0.963. The van der Waals surface area contributed by atoms with Crippen molar-refractivity contribution in [2.45, 2.75) is 26.8 Å². The first-order valence-electron chi connectivity index (χ1n) is 6.14. The van der Waals surface area contributed by atoms with Crippen LogP contribution in [0.5, 0.6) is 0 Å². The van der Waals surface area contributed by atoms with Crippen LogP contribution in [0.4, 0.5) is 10.1 Å². The van der Waals surface area contributed by atoms with Crippen LogP contribution in [0, 0.1) is 5.82 Å². The number of hydrogen-bond acceptors (Lipinski definition) is 3. The molecule has 0 spiro atoms. The Labute approximate surface area is 149 Å². The average Bonchev–Trinajstić information content (AvgIpc) is 2.26. The molecular weight excluding hydrogens is 403 g/mol. The third-order valence-corrected chi connectivity index (χ3v) is 1.96. The minimum atomic E-state index is -3.81. The van der Waals surface area contributed by atoms with Crippen molar-refractivity contribution >= 4 is 48.6 Å².